The van der Waals surface area contributed by atoms with E-state index in [1.165, 1.54) is 0 Å². The van der Waals surface area contributed by atoms with Crippen LogP contribution in [0.1, 0.15) is 20.7 Å². The molecule has 104 valence electrons. The Kier molecular flexibility index (Phi) is 4.41. The summed E-state index contributed by atoms with van der Waals surface area (Å²) in [6, 6.07) is 1.07. The van der Waals surface area contributed by atoms with Crippen LogP contribution >= 0.6 is 0 Å². The van der Waals surface area contributed by atoms with Crippen LogP contribution < -0.4 is 9.47 Å². The summed E-state index contributed by atoms with van der Waals surface area (Å²) in [6.45, 7) is -3.34. The van der Waals surface area contributed by atoms with Gasteiger partial charge in [-0.25, -0.2) is 0 Å². The van der Waals surface area contributed by atoms with E-state index < -0.39 is 35.6 Å². The van der Waals surface area contributed by atoms with Crippen LogP contribution in [0.5, 0.6) is 11.5 Å². The first-order valence-electron chi connectivity index (χ1n) is 4.55. The Labute approximate surface area is 102 Å². The first-order chi connectivity index (χ1) is 8.76. The summed E-state index contributed by atoms with van der Waals surface area (Å²) in [4.78, 5) is 21.2. The van der Waals surface area contributed by atoms with Crippen molar-refractivity contribution in [1.29, 1.82) is 0 Å². The molecule has 0 saturated heterocycles. The minimum absolute atomic E-state index is 0.0338. The van der Waals surface area contributed by atoms with Crippen LogP contribution in [0, 0.1) is 0 Å². The Hall–Kier alpha value is -2.19. The van der Waals surface area contributed by atoms with Crippen molar-refractivity contribution < 1.29 is 41.0 Å². The molecule has 1 rings (SSSR count). The maximum absolute atomic E-state index is 12.1. The predicted molar refractivity (Wildman–Crippen MR) is 50.5 cm³/mol. The number of benzene rings is 1. The van der Waals surface area contributed by atoms with Crippen molar-refractivity contribution in [3.8, 4) is 11.5 Å². The van der Waals surface area contributed by atoms with Gasteiger partial charge >= 0.3 is 13.0 Å². The number of ether oxygens (including phenoxy) is 2. The number of alkyl halides is 5. The molecule has 0 spiro atoms. The Balaban J connectivity index is 3.27. The summed E-state index contributed by atoms with van der Waals surface area (Å²) in [5.41, 5.74) is -1.33. The highest BCUT2D eigenvalue weighted by atomic mass is 19.4. The molecule has 1 aromatic carbocycles. The normalized spacial score (nSPS) is 11.3. The molecule has 0 saturated carbocycles. The second kappa shape index (κ2) is 5.63. The molecule has 0 aliphatic rings. The molecular formula is C10H5F5O4. The van der Waals surface area contributed by atoms with E-state index in [0.717, 1.165) is 0 Å². The van der Waals surface area contributed by atoms with Crippen LogP contribution in [0.15, 0.2) is 12.1 Å². The molecule has 0 aliphatic heterocycles. The third kappa shape index (κ3) is 4.19. The van der Waals surface area contributed by atoms with E-state index in [-0.39, 0.29) is 12.6 Å². The number of carbonyl (C=O) groups excluding carboxylic acids is 2. The van der Waals surface area contributed by atoms with Gasteiger partial charge in [0.15, 0.2) is 12.6 Å². The Morgan fingerprint density at radius 3 is 1.84 bits per heavy atom. The van der Waals surface area contributed by atoms with Gasteiger partial charge < -0.3 is 9.47 Å². The first kappa shape index (κ1) is 14.9. The molecule has 0 aliphatic carbocycles. The van der Waals surface area contributed by atoms with Gasteiger partial charge in [-0.1, -0.05) is 0 Å². The maximum Gasteiger partial charge on any atom is 0.573 e. The van der Waals surface area contributed by atoms with Crippen molar-refractivity contribution in [2.75, 3.05) is 0 Å². The van der Waals surface area contributed by atoms with Gasteiger partial charge in [-0.2, -0.15) is 8.78 Å². The van der Waals surface area contributed by atoms with E-state index in [1.807, 2.05) is 0 Å². The summed E-state index contributed by atoms with van der Waals surface area (Å²) in [6.07, 6.45) is -5.12. The van der Waals surface area contributed by atoms with E-state index >= 15 is 0 Å². The molecule has 0 aromatic heterocycles. The topological polar surface area (TPSA) is 52.6 Å². The largest absolute Gasteiger partial charge is 0.573 e. The van der Waals surface area contributed by atoms with Crippen molar-refractivity contribution in [2.24, 2.45) is 0 Å². The molecule has 0 fully saturated rings. The third-order valence-electron chi connectivity index (χ3n) is 1.81. The molecule has 0 heterocycles. The van der Waals surface area contributed by atoms with E-state index in [9.17, 15) is 31.5 Å². The average Bonchev–Trinajstić information content (AvgIpc) is 2.27. The summed E-state index contributed by atoms with van der Waals surface area (Å²) in [5, 5.41) is 0. The number of halogens is 5. The SMILES string of the molecule is O=Cc1cc(OC(F)(F)F)cc(C=O)c1OC(F)F. The molecule has 0 N–H and O–H groups in total. The molecular weight excluding hydrogens is 279 g/mol. The lowest BCUT2D eigenvalue weighted by molar-refractivity contribution is -0.274. The van der Waals surface area contributed by atoms with Crippen LogP contribution in [0.4, 0.5) is 22.0 Å². The van der Waals surface area contributed by atoms with E-state index in [1.54, 1.807) is 0 Å². The lowest BCUT2D eigenvalue weighted by atomic mass is 10.1. The molecule has 1 aromatic rings. The second-order valence-corrected chi connectivity index (χ2v) is 3.09. The fourth-order valence-electron chi connectivity index (χ4n) is 1.24. The standard InChI is InChI=1S/C10H5F5O4/c11-9(12)18-8-5(3-16)1-7(2-6(8)4-17)19-10(13,14)15/h1-4,9H. The van der Waals surface area contributed by atoms with Crippen molar-refractivity contribution in [3.63, 3.8) is 0 Å². The van der Waals surface area contributed by atoms with E-state index in [4.69, 9.17) is 0 Å². The summed E-state index contributed by atoms with van der Waals surface area (Å²) in [7, 11) is 0. The number of hydrogen-bond donors (Lipinski definition) is 0. The van der Waals surface area contributed by atoms with E-state index in [2.05, 4.69) is 9.47 Å². The Morgan fingerprint density at radius 2 is 1.53 bits per heavy atom. The Bertz CT molecular complexity index is 454. The average molecular weight is 284 g/mol. The summed E-state index contributed by atoms with van der Waals surface area (Å²) >= 11 is 0. The van der Waals surface area contributed by atoms with Gasteiger partial charge in [-0.3, -0.25) is 9.59 Å². The van der Waals surface area contributed by atoms with Crippen molar-refractivity contribution >= 4 is 12.6 Å². The minimum Gasteiger partial charge on any atom is -0.433 e. The summed E-state index contributed by atoms with van der Waals surface area (Å²) < 4.78 is 67.4. The zero-order valence-electron chi connectivity index (χ0n) is 8.91. The number of rotatable bonds is 5. The van der Waals surface area contributed by atoms with Crippen LogP contribution in [0.3, 0.4) is 0 Å². The molecule has 19 heavy (non-hydrogen) atoms. The minimum atomic E-state index is -5.05. The van der Waals surface area contributed by atoms with Crippen molar-refractivity contribution in [3.05, 3.63) is 23.3 Å². The molecule has 0 radical (unpaired) electrons. The van der Waals surface area contributed by atoms with Gasteiger partial charge in [0, 0.05) is 0 Å². The van der Waals surface area contributed by atoms with Crippen LogP contribution in [-0.2, 0) is 0 Å². The summed E-state index contributed by atoms with van der Waals surface area (Å²) in [5.74, 6) is -1.70. The lowest BCUT2D eigenvalue weighted by Gasteiger charge is -2.13. The van der Waals surface area contributed by atoms with Crippen LogP contribution in [0.2, 0.25) is 0 Å². The first-order valence-corrected chi connectivity index (χ1v) is 4.55. The van der Waals surface area contributed by atoms with Crippen molar-refractivity contribution in [2.45, 2.75) is 13.0 Å². The van der Waals surface area contributed by atoms with Crippen molar-refractivity contribution in [1.82, 2.24) is 0 Å². The number of aldehydes is 2. The van der Waals surface area contributed by atoms with Crippen LogP contribution in [-0.4, -0.2) is 25.5 Å². The lowest BCUT2D eigenvalue weighted by Crippen LogP contribution is -2.17. The number of hydrogen-bond acceptors (Lipinski definition) is 4. The number of carbonyl (C=O) groups is 2. The van der Waals surface area contributed by atoms with Gasteiger partial charge in [-0.05, 0) is 12.1 Å². The highest BCUT2D eigenvalue weighted by molar-refractivity contribution is 5.89. The second-order valence-electron chi connectivity index (χ2n) is 3.09. The molecule has 0 unspecified atom stereocenters. The maximum atomic E-state index is 12.1. The zero-order valence-corrected chi connectivity index (χ0v) is 8.91. The van der Waals surface area contributed by atoms with Crippen LogP contribution in [0.25, 0.3) is 0 Å². The highest BCUT2D eigenvalue weighted by Gasteiger charge is 2.32. The fraction of sp³-hybridized carbons (Fsp3) is 0.200. The molecule has 0 atom stereocenters. The smallest absolute Gasteiger partial charge is 0.433 e. The monoisotopic (exact) mass is 284 g/mol. The van der Waals surface area contributed by atoms with Gasteiger partial charge in [-0.15, -0.1) is 13.2 Å². The zero-order chi connectivity index (χ0) is 14.6. The molecule has 0 bridgehead atoms. The highest BCUT2D eigenvalue weighted by Crippen LogP contribution is 2.31. The molecule has 9 heteroatoms. The van der Waals surface area contributed by atoms with Gasteiger partial charge in [0.2, 0.25) is 0 Å². The van der Waals surface area contributed by atoms with Gasteiger partial charge in [0.1, 0.15) is 11.5 Å². The third-order valence-corrected chi connectivity index (χ3v) is 1.81. The van der Waals surface area contributed by atoms with E-state index in [0.29, 0.717) is 12.1 Å². The Morgan fingerprint density at radius 1 is 1.05 bits per heavy atom. The fourth-order valence-corrected chi connectivity index (χ4v) is 1.24. The van der Waals surface area contributed by atoms with Gasteiger partial charge in [0.05, 0.1) is 11.1 Å². The van der Waals surface area contributed by atoms with Gasteiger partial charge in [0.25, 0.3) is 0 Å². The quantitative estimate of drug-likeness (QED) is 0.616. The predicted octanol–water partition coefficient (Wildman–Crippen LogP) is 2.81. The molecule has 0 amide bonds. The molecule has 4 nitrogen and oxygen atoms in total.